The molecule has 0 aromatic carbocycles. The molecule has 1 N–H and O–H groups in total. The van der Waals surface area contributed by atoms with Crippen molar-refractivity contribution < 1.29 is 22.3 Å². The average molecular weight is 236 g/mol. The largest absolute Gasteiger partial charge is 0.371 e. The topological polar surface area (TPSA) is 34.2 Å². The van der Waals surface area contributed by atoms with Crippen molar-refractivity contribution in [1.29, 1.82) is 0 Å². The van der Waals surface area contributed by atoms with Crippen LogP contribution in [0.25, 0.3) is 0 Å². The molecule has 1 aromatic heterocycles. The molecule has 1 saturated heterocycles. The van der Waals surface area contributed by atoms with Crippen molar-refractivity contribution >= 4 is 0 Å². The summed E-state index contributed by atoms with van der Waals surface area (Å²) in [5, 5.41) is 2.80. The quantitative estimate of drug-likeness (QED) is 0.589. The van der Waals surface area contributed by atoms with Crippen LogP contribution in [0.3, 0.4) is 0 Å². The highest BCUT2D eigenvalue weighted by molar-refractivity contribution is 5.21. The minimum Gasteiger partial charge on any atom is -0.371 e. The number of aromatic nitrogens is 1. The lowest BCUT2D eigenvalue weighted by Crippen LogP contribution is -2.34. The Hall–Kier alpha value is -1.21. The van der Waals surface area contributed by atoms with Crippen molar-refractivity contribution in [3.05, 3.63) is 29.1 Å². The second-order valence-electron chi connectivity index (χ2n) is 3.30. The molecule has 88 valence electrons. The van der Waals surface area contributed by atoms with Gasteiger partial charge < -0.3 is 10.1 Å². The van der Waals surface area contributed by atoms with Crippen LogP contribution < -0.4 is 5.32 Å². The van der Waals surface area contributed by atoms with E-state index >= 15 is 0 Å². The molecule has 3 nitrogen and oxygen atoms in total. The summed E-state index contributed by atoms with van der Waals surface area (Å²) in [5.74, 6) is -6.34. The fourth-order valence-corrected chi connectivity index (χ4v) is 1.54. The first-order valence-corrected chi connectivity index (χ1v) is 4.63. The molecule has 0 saturated carbocycles. The van der Waals surface area contributed by atoms with Crippen molar-refractivity contribution in [3.8, 4) is 0 Å². The summed E-state index contributed by atoms with van der Waals surface area (Å²) in [6.07, 6.45) is -1.04. The molecule has 0 aliphatic carbocycles. The third-order valence-electron chi connectivity index (χ3n) is 2.28. The highest BCUT2D eigenvalue weighted by atomic mass is 19.2. The zero-order valence-electron chi connectivity index (χ0n) is 8.07. The van der Waals surface area contributed by atoms with Gasteiger partial charge in [-0.3, -0.25) is 0 Å². The Balaban J connectivity index is 2.45. The van der Waals surface area contributed by atoms with E-state index in [0.717, 1.165) is 0 Å². The van der Waals surface area contributed by atoms with Gasteiger partial charge in [-0.15, -0.1) is 0 Å². The molecule has 0 amide bonds. The minimum absolute atomic E-state index is 0.0940. The Bertz CT molecular complexity index is 381. The Morgan fingerprint density at radius 3 is 2.25 bits per heavy atom. The lowest BCUT2D eigenvalue weighted by Gasteiger charge is -2.24. The van der Waals surface area contributed by atoms with E-state index in [1.807, 2.05) is 0 Å². The van der Waals surface area contributed by atoms with Gasteiger partial charge in [0.1, 0.15) is 6.10 Å². The van der Waals surface area contributed by atoms with Crippen molar-refractivity contribution in [3.63, 3.8) is 0 Å². The van der Waals surface area contributed by atoms with E-state index in [4.69, 9.17) is 4.74 Å². The third-order valence-corrected chi connectivity index (χ3v) is 2.28. The number of nitrogens with zero attached hydrogens (tertiary/aromatic N) is 1. The summed E-state index contributed by atoms with van der Waals surface area (Å²) in [6, 6.07) is 0. The molecule has 7 heteroatoms. The Morgan fingerprint density at radius 1 is 1.12 bits per heavy atom. The summed E-state index contributed by atoms with van der Waals surface area (Å²) >= 11 is 0. The van der Waals surface area contributed by atoms with Crippen molar-refractivity contribution in [2.45, 2.75) is 6.10 Å². The van der Waals surface area contributed by atoms with E-state index in [2.05, 4.69) is 10.3 Å². The molecular formula is C9H8F4N2O. The maximum atomic E-state index is 13.3. The number of pyridine rings is 1. The van der Waals surface area contributed by atoms with Gasteiger partial charge in [0.25, 0.3) is 11.9 Å². The van der Waals surface area contributed by atoms with Gasteiger partial charge in [0.15, 0.2) is 11.6 Å². The van der Waals surface area contributed by atoms with Gasteiger partial charge in [-0.2, -0.15) is 13.8 Å². The van der Waals surface area contributed by atoms with Crippen LogP contribution in [0.5, 0.6) is 0 Å². The first kappa shape index (κ1) is 11.3. The summed E-state index contributed by atoms with van der Waals surface area (Å²) in [5.41, 5.74) is -0.753. The van der Waals surface area contributed by atoms with Crippen LogP contribution in [0.1, 0.15) is 11.7 Å². The number of nitrogens with one attached hydrogen (secondary N) is 1. The Kier molecular flexibility index (Phi) is 3.06. The van der Waals surface area contributed by atoms with Gasteiger partial charge >= 0.3 is 0 Å². The highest BCUT2D eigenvalue weighted by Gasteiger charge is 2.28. The standard InChI is InChI=1S/C9H8F4N2O/c10-6-5(4-3-14-1-2-16-4)7(11)9(13)15-8(6)12/h4,14H,1-3H2. The van der Waals surface area contributed by atoms with Gasteiger partial charge in [-0.1, -0.05) is 0 Å². The average Bonchev–Trinajstić information content (AvgIpc) is 2.28. The van der Waals surface area contributed by atoms with E-state index in [-0.39, 0.29) is 13.2 Å². The highest BCUT2D eigenvalue weighted by Crippen LogP contribution is 2.26. The van der Waals surface area contributed by atoms with Gasteiger partial charge in [0.2, 0.25) is 0 Å². The summed E-state index contributed by atoms with van der Waals surface area (Å²) in [6.45, 7) is 0.835. The van der Waals surface area contributed by atoms with Crippen LogP contribution in [-0.4, -0.2) is 24.7 Å². The molecule has 1 aliphatic heterocycles. The third kappa shape index (κ3) is 1.88. The number of hydrogen-bond acceptors (Lipinski definition) is 3. The maximum absolute atomic E-state index is 13.3. The number of rotatable bonds is 1. The fourth-order valence-electron chi connectivity index (χ4n) is 1.54. The molecule has 16 heavy (non-hydrogen) atoms. The molecule has 0 bridgehead atoms. The second kappa shape index (κ2) is 4.34. The molecule has 1 fully saturated rings. The van der Waals surface area contributed by atoms with E-state index in [0.29, 0.717) is 6.54 Å². The molecule has 0 spiro atoms. The number of halogens is 4. The summed E-state index contributed by atoms with van der Waals surface area (Å²) < 4.78 is 57.2. The van der Waals surface area contributed by atoms with Crippen molar-refractivity contribution in [2.75, 3.05) is 19.7 Å². The SMILES string of the molecule is Fc1nc(F)c(F)c(C2CNCCO2)c1F. The smallest absolute Gasteiger partial charge is 0.252 e. The van der Waals surface area contributed by atoms with E-state index < -0.39 is 35.2 Å². The molecular weight excluding hydrogens is 228 g/mol. The normalized spacial score (nSPS) is 21.1. The minimum atomic E-state index is -1.66. The van der Waals surface area contributed by atoms with Gasteiger partial charge in [-0.25, -0.2) is 8.78 Å². The van der Waals surface area contributed by atoms with E-state index in [9.17, 15) is 17.6 Å². The van der Waals surface area contributed by atoms with Crippen LogP contribution in [0.2, 0.25) is 0 Å². The first-order chi connectivity index (χ1) is 7.61. The molecule has 1 atom stereocenters. The number of hydrogen-bond donors (Lipinski definition) is 1. The monoisotopic (exact) mass is 236 g/mol. The zero-order chi connectivity index (χ0) is 11.7. The predicted octanol–water partition coefficient (Wildman–Crippen LogP) is 1.30. The van der Waals surface area contributed by atoms with Crippen molar-refractivity contribution in [2.24, 2.45) is 0 Å². The Morgan fingerprint density at radius 2 is 1.75 bits per heavy atom. The Labute approximate surface area is 88.4 Å². The van der Waals surface area contributed by atoms with Crippen LogP contribution >= 0.6 is 0 Å². The number of morpholine rings is 1. The molecule has 1 aliphatic rings. The van der Waals surface area contributed by atoms with E-state index in [1.165, 1.54) is 0 Å². The lowest BCUT2D eigenvalue weighted by molar-refractivity contribution is 0.0219. The summed E-state index contributed by atoms with van der Waals surface area (Å²) in [7, 11) is 0. The van der Waals surface area contributed by atoms with Crippen molar-refractivity contribution in [1.82, 2.24) is 10.3 Å². The number of ether oxygens (including phenoxy) is 1. The second-order valence-corrected chi connectivity index (χ2v) is 3.30. The maximum Gasteiger partial charge on any atom is 0.252 e. The van der Waals surface area contributed by atoms with E-state index in [1.54, 1.807) is 0 Å². The van der Waals surface area contributed by atoms with Crippen LogP contribution in [-0.2, 0) is 4.74 Å². The molecule has 2 heterocycles. The summed E-state index contributed by atoms with van der Waals surface area (Å²) in [4.78, 5) is 2.47. The van der Waals surface area contributed by atoms with Crippen LogP contribution in [0.15, 0.2) is 0 Å². The predicted molar refractivity (Wildman–Crippen MR) is 45.6 cm³/mol. The first-order valence-electron chi connectivity index (χ1n) is 4.63. The molecule has 1 aromatic rings. The molecule has 0 radical (unpaired) electrons. The van der Waals surface area contributed by atoms with Crippen LogP contribution in [0.4, 0.5) is 17.6 Å². The van der Waals surface area contributed by atoms with Gasteiger partial charge in [-0.05, 0) is 0 Å². The van der Waals surface area contributed by atoms with Gasteiger partial charge in [0, 0.05) is 13.1 Å². The molecule has 2 rings (SSSR count). The van der Waals surface area contributed by atoms with Gasteiger partial charge in [0.05, 0.1) is 12.2 Å². The fraction of sp³-hybridized carbons (Fsp3) is 0.444. The zero-order valence-corrected chi connectivity index (χ0v) is 8.07. The lowest BCUT2D eigenvalue weighted by atomic mass is 10.1. The van der Waals surface area contributed by atoms with Crippen LogP contribution in [0, 0.1) is 23.5 Å². The molecule has 1 unspecified atom stereocenters.